The molecule has 6 heteroatoms. The van der Waals surface area contributed by atoms with Crippen molar-refractivity contribution in [3.05, 3.63) is 70.8 Å². The summed E-state index contributed by atoms with van der Waals surface area (Å²) in [6.07, 6.45) is 0. The topological polar surface area (TPSA) is 74.6 Å². The quantitative estimate of drug-likeness (QED) is 0.680. The van der Waals surface area contributed by atoms with E-state index >= 15 is 0 Å². The van der Waals surface area contributed by atoms with Gasteiger partial charge in [0.25, 0.3) is 0 Å². The van der Waals surface area contributed by atoms with Gasteiger partial charge in [-0.1, -0.05) is 56.1 Å². The Hall–Kier alpha value is -1.66. The van der Waals surface area contributed by atoms with Crippen LogP contribution in [0.5, 0.6) is 0 Å². The van der Waals surface area contributed by atoms with Crippen LogP contribution < -0.4 is 0 Å². The van der Waals surface area contributed by atoms with Crippen LogP contribution in [0.25, 0.3) is 0 Å². The van der Waals surface area contributed by atoms with Crippen molar-refractivity contribution >= 4 is 43.8 Å². The zero-order valence-electron chi connectivity index (χ0n) is 11.2. The predicted molar refractivity (Wildman–Crippen MR) is 90.1 cm³/mol. The summed E-state index contributed by atoms with van der Waals surface area (Å²) < 4.78 is 0. The molecule has 0 fully saturated rings. The number of carboxylic acids is 2. The van der Waals surface area contributed by atoms with Crippen molar-refractivity contribution in [2.75, 3.05) is 0 Å². The minimum atomic E-state index is -0.961. The van der Waals surface area contributed by atoms with E-state index in [1.54, 1.807) is 48.5 Å². The molecule has 0 aliphatic heterocycles. The van der Waals surface area contributed by atoms with Gasteiger partial charge in [0.15, 0.2) is 0 Å². The van der Waals surface area contributed by atoms with Gasteiger partial charge in [0.05, 0.1) is 20.8 Å². The highest BCUT2D eigenvalue weighted by Gasteiger charge is 2.20. The van der Waals surface area contributed by atoms with Gasteiger partial charge in [0.1, 0.15) is 0 Å². The molecule has 2 atom stereocenters. The van der Waals surface area contributed by atoms with E-state index in [9.17, 15) is 9.59 Å². The summed E-state index contributed by atoms with van der Waals surface area (Å²) in [5.41, 5.74) is 2.32. The number of benzene rings is 2. The molecule has 0 bridgehead atoms. The molecule has 0 spiro atoms. The van der Waals surface area contributed by atoms with Gasteiger partial charge in [0.2, 0.25) is 0 Å². The normalized spacial score (nSPS) is 13.4. The molecule has 0 saturated heterocycles. The number of halogens is 2. The molecule has 0 radical (unpaired) electrons. The van der Waals surface area contributed by atoms with Gasteiger partial charge in [-0.2, -0.15) is 0 Å². The lowest BCUT2D eigenvalue weighted by atomic mass is 10.0. The zero-order valence-corrected chi connectivity index (χ0v) is 14.4. The van der Waals surface area contributed by atoms with Crippen molar-refractivity contribution in [1.29, 1.82) is 0 Å². The summed E-state index contributed by atoms with van der Waals surface area (Å²) in [4.78, 5) is 21.6. The Balaban J connectivity index is 2.18. The second-order valence-electron chi connectivity index (χ2n) is 4.66. The molecular formula is C16H12Br2O4. The number of aromatic carboxylic acids is 2. The number of carbonyl (C=O) groups is 2. The van der Waals surface area contributed by atoms with Gasteiger partial charge in [0, 0.05) is 0 Å². The molecule has 0 unspecified atom stereocenters. The number of hydrogen-bond donors (Lipinski definition) is 2. The minimum absolute atomic E-state index is 0.0778. The van der Waals surface area contributed by atoms with Crippen LogP contribution in [0.4, 0.5) is 0 Å². The van der Waals surface area contributed by atoms with Crippen molar-refractivity contribution in [2.45, 2.75) is 9.65 Å². The number of alkyl halides is 2. The van der Waals surface area contributed by atoms with Gasteiger partial charge in [-0.25, -0.2) is 9.59 Å². The van der Waals surface area contributed by atoms with E-state index in [0.29, 0.717) is 0 Å². The summed E-state index contributed by atoms with van der Waals surface area (Å²) in [5.74, 6) is -1.92. The monoisotopic (exact) mass is 426 g/mol. The first-order chi connectivity index (χ1) is 10.4. The molecule has 4 nitrogen and oxygen atoms in total. The first kappa shape index (κ1) is 16.7. The van der Waals surface area contributed by atoms with Crippen molar-refractivity contribution in [2.24, 2.45) is 0 Å². The average molecular weight is 428 g/mol. The summed E-state index contributed by atoms with van der Waals surface area (Å²) in [7, 11) is 0. The van der Waals surface area contributed by atoms with Crippen LogP contribution >= 0.6 is 31.9 Å². The molecule has 0 heterocycles. The third-order valence-corrected chi connectivity index (χ3v) is 6.03. The van der Waals surface area contributed by atoms with Gasteiger partial charge < -0.3 is 10.2 Å². The average Bonchev–Trinajstić information content (AvgIpc) is 2.53. The first-order valence-electron chi connectivity index (χ1n) is 6.35. The molecule has 2 aromatic carbocycles. The smallest absolute Gasteiger partial charge is 0.335 e. The SMILES string of the molecule is O=C(O)c1ccc([C@@H](Br)[C@@H](Br)c2ccc(C(=O)O)cc2)cc1. The largest absolute Gasteiger partial charge is 0.478 e. The summed E-state index contributed by atoms with van der Waals surface area (Å²) in [6, 6.07) is 13.2. The van der Waals surface area contributed by atoms with Crippen LogP contribution in [0.2, 0.25) is 0 Å². The van der Waals surface area contributed by atoms with E-state index in [4.69, 9.17) is 10.2 Å². The Morgan fingerprint density at radius 2 is 0.955 bits per heavy atom. The molecule has 2 aromatic rings. The molecular weight excluding hydrogens is 416 g/mol. The Kier molecular flexibility index (Phi) is 5.37. The lowest BCUT2D eigenvalue weighted by molar-refractivity contribution is 0.0686. The van der Waals surface area contributed by atoms with Crippen LogP contribution in [0.3, 0.4) is 0 Å². The Morgan fingerprint density at radius 1 is 0.682 bits per heavy atom. The highest BCUT2D eigenvalue weighted by atomic mass is 79.9. The zero-order chi connectivity index (χ0) is 16.3. The highest BCUT2D eigenvalue weighted by Crippen LogP contribution is 2.42. The van der Waals surface area contributed by atoms with Crippen LogP contribution in [-0.2, 0) is 0 Å². The van der Waals surface area contributed by atoms with Crippen LogP contribution in [0, 0.1) is 0 Å². The van der Waals surface area contributed by atoms with Crippen molar-refractivity contribution < 1.29 is 19.8 Å². The Morgan fingerprint density at radius 3 is 1.18 bits per heavy atom. The molecule has 2 N–H and O–H groups in total. The number of hydrogen-bond acceptors (Lipinski definition) is 2. The Labute approximate surface area is 144 Å². The molecule has 2 rings (SSSR count). The van der Waals surface area contributed by atoms with Crippen LogP contribution in [-0.4, -0.2) is 22.2 Å². The van der Waals surface area contributed by atoms with E-state index in [-0.39, 0.29) is 20.8 Å². The fraction of sp³-hybridized carbons (Fsp3) is 0.125. The van der Waals surface area contributed by atoms with E-state index in [1.807, 2.05) is 0 Å². The van der Waals surface area contributed by atoms with Crippen molar-refractivity contribution in [1.82, 2.24) is 0 Å². The van der Waals surface area contributed by atoms with Gasteiger partial charge in [-0.3, -0.25) is 0 Å². The van der Waals surface area contributed by atoms with E-state index < -0.39 is 11.9 Å². The second kappa shape index (κ2) is 7.07. The minimum Gasteiger partial charge on any atom is -0.478 e. The van der Waals surface area contributed by atoms with E-state index in [0.717, 1.165) is 11.1 Å². The standard InChI is InChI=1S/C16H12Br2O4/c17-13(9-1-5-11(6-2-9)15(19)20)14(18)10-3-7-12(8-4-10)16(21)22/h1-8,13-14H,(H,19,20)(H,21,22)/t13-,14+. The third kappa shape index (κ3) is 3.75. The molecule has 0 aliphatic rings. The molecule has 22 heavy (non-hydrogen) atoms. The molecule has 0 amide bonds. The maximum Gasteiger partial charge on any atom is 0.335 e. The molecule has 0 aliphatic carbocycles. The van der Waals surface area contributed by atoms with Gasteiger partial charge in [-0.05, 0) is 35.4 Å². The maximum atomic E-state index is 10.9. The van der Waals surface area contributed by atoms with Gasteiger partial charge in [-0.15, -0.1) is 0 Å². The van der Waals surface area contributed by atoms with Crippen molar-refractivity contribution in [3.8, 4) is 0 Å². The predicted octanol–water partition coefficient (Wildman–Crippen LogP) is 4.66. The van der Waals surface area contributed by atoms with E-state index in [2.05, 4.69) is 31.9 Å². The number of carboxylic acid groups (broad SMARTS) is 2. The van der Waals surface area contributed by atoms with Crippen molar-refractivity contribution in [3.63, 3.8) is 0 Å². The van der Waals surface area contributed by atoms with Gasteiger partial charge >= 0.3 is 11.9 Å². The fourth-order valence-corrected chi connectivity index (χ4v) is 3.18. The summed E-state index contributed by atoms with van der Waals surface area (Å²) >= 11 is 7.17. The third-order valence-electron chi connectivity index (χ3n) is 3.21. The van der Waals surface area contributed by atoms with Crippen LogP contribution in [0.15, 0.2) is 48.5 Å². The second-order valence-corrected chi connectivity index (χ2v) is 6.63. The molecule has 0 aromatic heterocycles. The maximum absolute atomic E-state index is 10.9. The van der Waals surface area contributed by atoms with Crippen LogP contribution in [0.1, 0.15) is 41.5 Å². The Bertz CT molecular complexity index is 619. The number of rotatable bonds is 5. The van der Waals surface area contributed by atoms with E-state index in [1.165, 1.54) is 0 Å². The fourth-order valence-electron chi connectivity index (χ4n) is 1.96. The lowest BCUT2D eigenvalue weighted by Gasteiger charge is -2.18. The first-order valence-corrected chi connectivity index (χ1v) is 8.18. The molecule has 0 saturated carbocycles. The summed E-state index contributed by atoms with van der Waals surface area (Å²) in [6.45, 7) is 0. The highest BCUT2D eigenvalue weighted by molar-refractivity contribution is 9.12. The molecule has 114 valence electrons. The lowest BCUT2D eigenvalue weighted by Crippen LogP contribution is -2.02. The summed E-state index contributed by atoms with van der Waals surface area (Å²) in [5, 5.41) is 17.8.